The molecule has 2 atom stereocenters. The molecule has 0 aliphatic carbocycles. The van der Waals surface area contributed by atoms with Crippen LogP contribution in [0, 0.1) is 5.92 Å². The Kier molecular flexibility index (Phi) is 6.32. The lowest BCUT2D eigenvalue weighted by atomic mass is 10.0. The minimum absolute atomic E-state index is 0.0527. The van der Waals surface area contributed by atoms with E-state index in [4.69, 9.17) is 5.73 Å². The van der Waals surface area contributed by atoms with Crippen molar-refractivity contribution in [3.8, 4) is 0 Å². The third-order valence-corrected chi connectivity index (χ3v) is 3.14. The highest BCUT2D eigenvalue weighted by atomic mass is 16.2. The van der Waals surface area contributed by atoms with Crippen LogP contribution in [0.25, 0.3) is 0 Å². The fourth-order valence-corrected chi connectivity index (χ4v) is 1.48. The topological polar surface area (TPSA) is 84.2 Å². The molecule has 0 heterocycles. The van der Waals surface area contributed by atoms with Gasteiger partial charge in [0, 0.05) is 5.54 Å². The zero-order valence-corrected chi connectivity index (χ0v) is 12.3. The van der Waals surface area contributed by atoms with Gasteiger partial charge in [0.2, 0.25) is 11.8 Å². The largest absolute Gasteiger partial charge is 0.368 e. The fourth-order valence-electron chi connectivity index (χ4n) is 1.48. The van der Waals surface area contributed by atoms with Crippen molar-refractivity contribution in [1.82, 2.24) is 10.6 Å². The molecule has 2 amide bonds. The Bertz CT molecular complexity index is 301. The number of rotatable bonds is 7. The molecule has 0 radical (unpaired) electrons. The minimum Gasteiger partial charge on any atom is -0.368 e. The lowest BCUT2D eigenvalue weighted by molar-refractivity contribution is -0.125. The Morgan fingerprint density at radius 3 is 2.06 bits per heavy atom. The molecule has 0 saturated carbocycles. The summed E-state index contributed by atoms with van der Waals surface area (Å²) in [7, 11) is 0. The van der Waals surface area contributed by atoms with Crippen LogP contribution in [0.5, 0.6) is 0 Å². The lowest BCUT2D eigenvalue weighted by Crippen LogP contribution is -2.56. The molecule has 0 saturated heterocycles. The van der Waals surface area contributed by atoms with Crippen LogP contribution < -0.4 is 16.4 Å². The van der Waals surface area contributed by atoms with Crippen molar-refractivity contribution in [2.75, 3.05) is 0 Å². The zero-order chi connectivity index (χ0) is 14.5. The van der Waals surface area contributed by atoms with Gasteiger partial charge in [-0.3, -0.25) is 14.9 Å². The van der Waals surface area contributed by atoms with Gasteiger partial charge in [-0.1, -0.05) is 20.8 Å². The Morgan fingerprint density at radius 2 is 1.72 bits per heavy atom. The van der Waals surface area contributed by atoms with Gasteiger partial charge in [0.05, 0.1) is 12.1 Å². The van der Waals surface area contributed by atoms with E-state index in [2.05, 4.69) is 10.6 Å². The number of nitrogens with one attached hydrogen (secondary N) is 2. The van der Waals surface area contributed by atoms with E-state index in [0.29, 0.717) is 0 Å². The molecule has 0 fully saturated rings. The summed E-state index contributed by atoms with van der Waals surface area (Å²) < 4.78 is 0. The summed E-state index contributed by atoms with van der Waals surface area (Å²) in [6.07, 6.45) is 0.842. The molecule has 0 aliphatic rings. The number of hydrogen-bond donors (Lipinski definition) is 3. The van der Waals surface area contributed by atoms with E-state index in [0.717, 1.165) is 6.42 Å². The summed E-state index contributed by atoms with van der Waals surface area (Å²) in [5.41, 5.74) is 5.06. The molecule has 0 aliphatic heterocycles. The summed E-state index contributed by atoms with van der Waals surface area (Å²) in [6, 6.07) is -0.939. The molecule has 0 aromatic carbocycles. The van der Waals surface area contributed by atoms with E-state index < -0.39 is 18.0 Å². The molecule has 18 heavy (non-hydrogen) atoms. The van der Waals surface area contributed by atoms with Gasteiger partial charge in [0.15, 0.2) is 0 Å². The summed E-state index contributed by atoms with van der Waals surface area (Å²) in [6.45, 7) is 11.5. The first kappa shape index (κ1) is 16.9. The zero-order valence-electron chi connectivity index (χ0n) is 12.3. The van der Waals surface area contributed by atoms with Crippen molar-refractivity contribution >= 4 is 11.8 Å². The summed E-state index contributed by atoms with van der Waals surface area (Å²) in [5, 5.41) is 5.91. The molecule has 106 valence electrons. The maximum absolute atomic E-state index is 12.0. The van der Waals surface area contributed by atoms with Gasteiger partial charge in [-0.2, -0.15) is 0 Å². The normalized spacial score (nSPS) is 15.3. The second-order valence-electron chi connectivity index (χ2n) is 5.74. The van der Waals surface area contributed by atoms with Gasteiger partial charge in [0.1, 0.15) is 0 Å². The lowest BCUT2D eigenvalue weighted by Gasteiger charge is -2.29. The Morgan fingerprint density at radius 1 is 1.22 bits per heavy atom. The SMILES string of the molecule is CCC(C)(C)NC(=O)C(C)NC(C(N)=O)C(C)C. The molecule has 5 heteroatoms. The molecule has 0 bridgehead atoms. The van der Waals surface area contributed by atoms with Gasteiger partial charge >= 0.3 is 0 Å². The van der Waals surface area contributed by atoms with Gasteiger partial charge in [-0.25, -0.2) is 0 Å². The first-order valence-electron chi connectivity index (χ1n) is 6.48. The Hall–Kier alpha value is -1.10. The van der Waals surface area contributed by atoms with E-state index in [1.165, 1.54) is 0 Å². The summed E-state index contributed by atoms with van der Waals surface area (Å²) >= 11 is 0. The van der Waals surface area contributed by atoms with Crippen LogP contribution >= 0.6 is 0 Å². The average molecular weight is 257 g/mol. The first-order chi connectivity index (χ1) is 8.10. The number of hydrogen-bond acceptors (Lipinski definition) is 3. The van der Waals surface area contributed by atoms with Crippen LogP contribution in [0.1, 0.15) is 48.0 Å². The van der Waals surface area contributed by atoms with Crippen molar-refractivity contribution in [2.45, 2.75) is 65.6 Å². The highest BCUT2D eigenvalue weighted by molar-refractivity contribution is 5.84. The predicted octanol–water partition coefficient (Wildman–Crippen LogP) is 0.779. The van der Waals surface area contributed by atoms with Crippen molar-refractivity contribution in [3.05, 3.63) is 0 Å². The van der Waals surface area contributed by atoms with Gasteiger partial charge in [-0.15, -0.1) is 0 Å². The first-order valence-corrected chi connectivity index (χ1v) is 6.48. The second-order valence-corrected chi connectivity index (χ2v) is 5.74. The van der Waals surface area contributed by atoms with E-state index in [1.807, 2.05) is 34.6 Å². The summed E-state index contributed by atoms with van der Waals surface area (Å²) in [5.74, 6) is -0.495. The molecular formula is C13H27N3O2. The van der Waals surface area contributed by atoms with E-state index in [1.54, 1.807) is 6.92 Å². The standard InChI is InChI=1S/C13H27N3O2/c1-7-13(5,6)16-12(18)9(4)15-10(8(2)3)11(14)17/h8-10,15H,7H2,1-6H3,(H2,14,17)(H,16,18). The molecular weight excluding hydrogens is 230 g/mol. The highest BCUT2D eigenvalue weighted by Crippen LogP contribution is 2.08. The van der Waals surface area contributed by atoms with E-state index in [9.17, 15) is 9.59 Å². The highest BCUT2D eigenvalue weighted by Gasteiger charge is 2.26. The number of carbonyl (C=O) groups excluding carboxylic acids is 2. The van der Waals surface area contributed by atoms with Gasteiger partial charge < -0.3 is 11.1 Å². The quantitative estimate of drug-likeness (QED) is 0.630. The van der Waals surface area contributed by atoms with Crippen molar-refractivity contribution < 1.29 is 9.59 Å². The third kappa shape index (κ3) is 5.49. The molecule has 4 N–H and O–H groups in total. The van der Waals surface area contributed by atoms with Crippen molar-refractivity contribution in [2.24, 2.45) is 11.7 Å². The smallest absolute Gasteiger partial charge is 0.237 e. The van der Waals surface area contributed by atoms with Crippen molar-refractivity contribution in [3.63, 3.8) is 0 Å². The monoisotopic (exact) mass is 257 g/mol. The number of amides is 2. The minimum atomic E-state index is -0.490. The average Bonchev–Trinajstić information content (AvgIpc) is 2.23. The number of nitrogens with two attached hydrogens (primary N) is 1. The predicted molar refractivity (Wildman–Crippen MR) is 72.9 cm³/mol. The maximum atomic E-state index is 12.0. The number of carbonyl (C=O) groups is 2. The molecule has 0 aromatic rings. The van der Waals surface area contributed by atoms with E-state index >= 15 is 0 Å². The molecule has 0 rings (SSSR count). The Balaban J connectivity index is 4.52. The van der Waals surface area contributed by atoms with Crippen LogP contribution in [0.15, 0.2) is 0 Å². The van der Waals surface area contributed by atoms with Gasteiger partial charge in [0.25, 0.3) is 0 Å². The number of primary amides is 1. The molecule has 0 aromatic heterocycles. The third-order valence-electron chi connectivity index (χ3n) is 3.14. The van der Waals surface area contributed by atoms with Crippen LogP contribution in [-0.2, 0) is 9.59 Å². The molecule has 2 unspecified atom stereocenters. The van der Waals surface area contributed by atoms with Crippen LogP contribution in [-0.4, -0.2) is 29.4 Å². The van der Waals surface area contributed by atoms with Crippen LogP contribution in [0.3, 0.4) is 0 Å². The molecule has 0 spiro atoms. The van der Waals surface area contributed by atoms with Crippen LogP contribution in [0.2, 0.25) is 0 Å². The second kappa shape index (κ2) is 6.73. The van der Waals surface area contributed by atoms with E-state index in [-0.39, 0.29) is 17.4 Å². The van der Waals surface area contributed by atoms with Gasteiger partial charge in [-0.05, 0) is 33.1 Å². The summed E-state index contributed by atoms with van der Waals surface area (Å²) in [4.78, 5) is 23.2. The maximum Gasteiger partial charge on any atom is 0.237 e. The van der Waals surface area contributed by atoms with Crippen molar-refractivity contribution in [1.29, 1.82) is 0 Å². The Labute approximate surface area is 110 Å². The fraction of sp³-hybridized carbons (Fsp3) is 0.846. The van der Waals surface area contributed by atoms with Crippen LogP contribution in [0.4, 0.5) is 0 Å². The molecule has 5 nitrogen and oxygen atoms in total.